The highest BCUT2D eigenvalue weighted by Gasteiger charge is 2.11. The van der Waals surface area contributed by atoms with E-state index >= 15 is 0 Å². The van der Waals surface area contributed by atoms with Crippen molar-refractivity contribution in [2.45, 2.75) is 31.2 Å². The molecule has 2 aromatic heterocycles. The Hall–Kier alpha value is -1.90. The fourth-order valence-corrected chi connectivity index (χ4v) is 4.64. The Kier molecular flexibility index (Phi) is 6.65. The number of nitrogens with one attached hydrogen (secondary N) is 2. The third-order valence-electron chi connectivity index (χ3n) is 3.75. The molecule has 0 aliphatic carbocycles. The Morgan fingerprint density at radius 3 is 2.88 bits per heavy atom. The van der Waals surface area contributed by atoms with Crippen LogP contribution in [0.15, 0.2) is 40.1 Å². The van der Waals surface area contributed by atoms with Crippen molar-refractivity contribution >= 4 is 51.2 Å². The van der Waals surface area contributed by atoms with Gasteiger partial charge in [-0.1, -0.05) is 54.3 Å². The SMILES string of the molecule is CCc1cccc(C)c1Nc1nnc(SCC(=O)NCc2cccs2)s1. The Bertz CT molecular complexity index is 861. The molecule has 1 amide bonds. The molecule has 2 heterocycles. The van der Waals surface area contributed by atoms with Crippen molar-refractivity contribution in [3.8, 4) is 0 Å². The fraction of sp³-hybridized carbons (Fsp3) is 0.278. The number of thiophene rings is 1. The van der Waals surface area contributed by atoms with Crippen molar-refractivity contribution in [2.75, 3.05) is 11.1 Å². The summed E-state index contributed by atoms with van der Waals surface area (Å²) in [5, 5.41) is 17.4. The van der Waals surface area contributed by atoms with Gasteiger partial charge in [0.25, 0.3) is 0 Å². The first kappa shape index (κ1) is 18.9. The molecule has 136 valence electrons. The molecule has 3 rings (SSSR count). The molecule has 0 saturated heterocycles. The van der Waals surface area contributed by atoms with Gasteiger partial charge in [0.2, 0.25) is 11.0 Å². The quantitative estimate of drug-likeness (QED) is 0.536. The van der Waals surface area contributed by atoms with Gasteiger partial charge in [-0.15, -0.1) is 21.5 Å². The molecule has 0 unspecified atom stereocenters. The van der Waals surface area contributed by atoms with E-state index in [2.05, 4.69) is 52.9 Å². The number of carbonyl (C=O) groups is 1. The summed E-state index contributed by atoms with van der Waals surface area (Å²) >= 11 is 4.51. The smallest absolute Gasteiger partial charge is 0.230 e. The zero-order valence-corrected chi connectivity index (χ0v) is 17.1. The third-order valence-corrected chi connectivity index (χ3v) is 6.59. The number of thioether (sulfide) groups is 1. The van der Waals surface area contributed by atoms with Crippen molar-refractivity contribution in [3.05, 3.63) is 51.7 Å². The summed E-state index contributed by atoms with van der Waals surface area (Å²) in [4.78, 5) is 13.1. The number of hydrogen-bond acceptors (Lipinski definition) is 7. The second-order valence-electron chi connectivity index (χ2n) is 5.61. The third kappa shape index (κ3) is 5.06. The molecule has 8 heteroatoms. The van der Waals surface area contributed by atoms with Crippen LogP contribution in [-0.2, 0) is 17.8 Å². The van der Waals surface area contributed by atoms with Crippen LogP contribution in [0.5, 0.6) is 0 Å². The normalized spacial score (nSPS) is 10.7. The van der Waals surface area contributed by atoms with Gasteiger partial charge in [0, 0.05) is 10.6 Å². The molecule has 0 atom stereocenters. The minimum absolute atomic E-state index is 0.000261. The number of aromatic nitrogens is 2. The summed E-state index contributed by atoms with van der Waals surface area (Å²) in [6.07, 6.45) is 0.953. The monoisotopic (exact) mass is 404 g/mol. The molecule has 5 nitrogen and oxygen atoms in total. The van der Waals surface area contributed by atoms with Gasteiger partial charge in [-0.3, -0.25) is 4.79 Å². The molecule has 0 fully saturated rings. The maximum Gasteiger partial charge on any atom is 0.230 e. The predicted molar refractivity (Wildman–Crippen MR) is 111 cm³/mol. The minimum Gasteiger partial charge on any atom is -0.350 e. The Morgan fingerprint density at radius 2 is 2.12 bits per heavy atom. The Morgan fingerprint density at radius 1 is 1.23 bits per heavy atom. The standard InChI is InChI=1S/C18H20N4OS3/c1-3-13-7-4-6-12(2)16(13)20-17-21-22-18(26-17)25-11-15(23)19-10-14-8-5-9-24-14/h4-9H,3,10-11H2,1-2H3,(H,19,23)(H,20,21). The average molecular weight is 405 g/mol. The van der Waals surface area contributed by atoms with E-state index in [1.54, 1.807) is 11.3 Å². The van der Waals surface area contributed by atoms with Crippen LogP contribution in [-0.4, -0.2) is 21.9 Å². The second-order valence-corrected chi connectivity index (χ2v) is 8.84. The van der Waals surface area contributed by atoms with Crippen molar-refractivity contribution in [1.29, 1.82) is 0 Å². The minimum atomic E-state index is 0.000261. The van der Waals surface area contributed by atoms with E-state index in [0.29, 0.717) is 12.3 Å². The van der Waals surface area contributed by atoms with Gasteiger partial charge in [0.15, 0.2) is 4.34 Å². The van der Waals surface area contributed by atoms with Crippen LogP contribution in [0, 0.1) is 6.92 Å². The van der Waals surface area contributed by atoms with Crippen LogP contribution in [0.1, 0.15) is 22.9 Å². The van der Waals surface area contributed by atoms with Crippen molar-refractivity contribution in [2.24, 2.45) is 0 Å². The van der Waals surface area contributed by atoms with Crippen LogP contribution in [0.2, 0.25) is 0 Å². The lowest BCUT2D eigenvalue weighted by Gasteiger charge is -2.11. The first-order chi connectivity index (χ1) is 12.7. The Balaban J connectivity index is 1.53. The van der Waals surface area contributed by atoms with E-state index in [9.17, 15) is 4.79 Å². The average Bonchev–Trinajstić information content (AvgIpc) is 3.31. The van der Waals surface area contributed by atoms with Crippen molar-refractivity contribution in [3.63, 3.8) is 0 Å². The van der Waals surface area contributed by atoms with Crippen LogP contribution >= 0.6 is 34.4 Å². The van der Waals surface area contributed by atoms with Gasteiger partial charge >= 0.3 is 0 Å². The molecular formula is C18H20N4OS3. The van der Waals surface area contributed by atoms with Gasteiger partial charge in [0.05, 0.1) is 12.3 Å². The van der Waals surface area contributed by atoms with Gasteiger partial charge in [-0.25, -0.2) is 0 Å². The maximum absolute atomic E-state index is 12.0. The number of hydrogen-bond donors (Lipinski definition) is 2. The van der Waals surface area contributed by atoms with Crippen LogP contribution in [0.4, 0.5) is 10.8 Å². The van der Waals surface area contributed by atoms with E-state index < -0.39 is 0 Å². The van der Waals surface area contributed by atoms with E-state index in [1.807, 2.05) is 17.5 Å². The van der Waals surface area contributed by atoms with Gasteiger partial charge in [0.1, 0.15) is 0 Å². The van der Waals surface area contributed by atoms with Gasteiger partial charge in [-0.2, -0.15) is 0 Å². The molecule has 0 spiro atoms. The lowest BCUT2D eigenvalue weighted by atomic mass is 10.1. The summed E-state index contributed by atoms with van der Waals surface area (Å²) in [6, 6.07) is 10.3. The summed E-state index contributed by atoms with van der Waals surface area (Å²) in [6.45, 7) is 4.79. The second kappa shape index (κ2) is 9.16. The van der Waals surface area contributed by atoms with E-state index in [4.69, 9.17) is 0 Å². The van der Waals surface area contributed by atoms with Crippen LogP contribution in [0.3, 0.4) is 0 Å². The predicted octanol–water partition coefficient (Wildman–Crippen LogP) is 4.62. The Labute approximate surface area is 165 Å². The summed E-state index contributed by atoms with van der Waals surface area (Å²) < 4.78 is 0.783. The summed E-state index contributed by atoms with van der Waals surface area (Å²) in [5.74, 6) is 0.338. The summed E-state index contributed by atoms with van der Waals surface area (Å²) in [5.41, 5.74) is 3.53. The molecular weight excluding hydrogens is 384 g/mol. The highest BCUT2D eigenvalue weighted by molar-refractivity contribution is 8.01. The zero-order chi connectivity index (χ0) is 18.4. The van der Waals surface area contributed by atoms with E-state index in [0.717, 1.165) is 26.5 Å². The number of carbonyl (C=O) groups excluding carboxylic acids is 1. The lowest BCUT2D eigenvalue weighted by molar-refractivity contribution is -0.118. The number of para-hydroxylation sites is 1. The molecule has 0 saturated carbocycles. The first-order valence-corrected chi connectivity index (χ1v) is 10.9. The number of nitrogens with zero attached hydrogens (tertiary/aromatic N) is 2. The number of amides is 1. The molecule has 0 aliphatic rings. The number of rotatable bonds is 8. The van der Waals surface area contributed by atoms with E-state index in [-0.39, 0.29) is 5.91 Å². The topological polar surface area (TPSA) is 66.9 Å². The maximum atomic E-state index is 12.0. The van der Waals surface area contributed by atoms with Crippen molar-refractivity contribution < 1.29 is 4.79 Å². The molecule has 3 aromatic rings. The molecule has 0 aliphatic heterocycles. The van der Waals surface area contributed by atoms with Crippen molar-refractivity contribution in [1.82, 2.24) is 15.5 Å². The number of anilines is 2. The molecule has 26 heavy (non-hydrogen) atoms. The largest absolute Gasteiger partial charge is 0.350 e. The number of benzene rings is 1. The fourth-order valence-electron chi connectivity index (χ4n) is 2.40. The molecule has 0 bridgehead atoms. The molecule has 2 N–H and O–H groups in total. The molecule has 1 aromatic carbocycles. The van der Waals surface area contributed by atoms with Crippen LogP contribution in [0.25, 0.3) is 0 Å². The summed E-state index contributed by atoms with van der Waals surface area (Å²) in [7, 11) is 0. The number of aryl methyl sites for hydroxylation is 2. The van der Waals surface area contributed by atoms with Crippen LogP contribution < -0.4 is 10.6 Å². The van der Waals surface area contributed by atoms with Gasteiger partial charge < -0.3 is 10.6 Å². The first-order valence-electron chi connectivity index (χ1n) is 8.26. The molecule has 0 radical (unpaired) electrons. The highest BCUT2D eigenvalue weighted by Crippen LogP contribution is 2.30. The van der Waals surface area contributed by atoms with E-state index in [1.165, 1.54) is 34.2 Å². The zero-order valence-electron chi connectivity index (χ0n) is 14.6. The van der Waals surface area contributed by atoms with Gasteiger partial charge in [-0.05, 0) is 35.9 Å². The lowest BCUT2D eigenvalue weighted by Crippen LogP contribution is -2.24. The highest BCUT2D eigenvalue weighted by atomic mass is 32.2.